The Labute approximate surface area is 97.4 Å². The fraction of sp³-hybridized carbons (Fsp3) is 1.00. The van der Waals surface area contributed by atoms with Crippen molar-refractivity contribution in [2.75, 3.05) is 31.4 Å². The van der Waals surface area contributed by atoms with Gasteiger partial charge in [-0.1, -0.05) is 6.92 Å². The fourth-order valence-electron chi connectivity index (χ4n) is 0.965. The number of sulfonamides is 1. The molecule has 0 saturated carbocycles. The normalized spacial score (nSPS) is 11.9. The van der Waals surface area contributed by atoms with Crippen molar-refractivity contribution in [2.45, 2.75) is 26.2 Å². The van der Waals surface area contributed by atoms with Crippen LogP contribution >= 0.6 is 11.6 Å². The van der Waals surface area contributed by atoms with Gasteiger partial charge in [-0.15, -0.1) is 11.6 Å². The summed E-state index contributed by atoms with van der Waals surface area (Å²) in [6.45, 7) is 3.81. The van der Waals surface area contributed by atoms with Crippen LogP contribution in [0.25, 0.3) is 0 Å². The second-order valence-corrected chi connectivity index (χ2v) is 5.53. The van der Waals surface area contributed by atoms with Crippen LogP contribution in [0.2, 0.25) is 0 Å². The van der Waals surface area contributed by atoms with E-state index in [1.807, 2.05) is 6.92 Å². The summed E-state index contributed by atoms with van der Waals surface area (Å²) in [4.78, 5) is 0. The van der Waals surface area contributed by atoms with E-state index in [1.165, 1.54) is 0 Å². The molecule has 6 heteroatoms. The van der Waals surface area contributed by atoms with E-state index >= 15 is 0 Å². The lowest BCUT2D eigenvalue weighted by Crippen LogP contribution is -2.28. The Morgan fingerprint density at radius 3 is 2.60 bits per heavy atom. The lowest BCUT2D eigenvalue weighted by Gasteiger charge is -2.05. The van der Waals surface area contributed by atoms with Crippen molar-refractivity contribution in [1.29, 1.82) is 0 Å². The van der Waals surface area contributed by atoms with E-state index in [9.17, 15) is 8.42 Å². The van der Waals surface area contributed by atoms with Gasteiger partial charge in [0.05, 0.1) is 5.75 Å². The second kappa shape index (κ2) is 9.39. The molecule has 0 amide bonds. The smallest absolute Gasteiger partial charge is 0.211 e. The largest absolute Gasteiger partial charge is 0.381 e. The first kappa shape index (κ1) is 15.2. The molecule has 15 heavy (non-hydrogen) atoms. The van der Waals surface area contributed by atoms with Gasteiger partial charge < -0.3 is 4.74 Å². The summed E-state index contributed by atoms with van der Waals surface area (Å²) < 4.78 is 30.3. The summed E-state index contributed by atoms with van der Waals surface area (Å²) in [7, 11) is -3.13. The van der Waals surface area contributed by atoms with Crippen LogP contribution in [0.15, 0.2) is 0 Å². The standard InChI is InChI=1S/C9H20ClNO3S/c1-2-7-14-8-4-6-11-15(12,13)9-3-5-10/h11H,2-9H2,1H3. The molecule has 92 valence electrons. The zero-order valence-electron chi connectivity index (χ0n) is 9.17. The molecule has 0 saturated heterocycles. The molecule has 0 bridgehead atoms. The lowest BCUT2D eigenvalue weighted by atomic mass is 10.4. The lowest BCUT2D eigenvalue weighted by molar-refractivity contribution is 0.133. The van der Waals surface area contributed by atoms with Crippen molar-refractivity contribution < 1.29 is 13.2 Å². The molecule has 0 aliphatic rings. The molecule has 1 N–H and O–H groups in total. The highest BCUT2D eigenvalue weighted by atomic mass is 35.5. The SMILES string of the molecule is CCCOCCCNS(=O)(=O)CCCCl. The van der Waals surface area contributed by atoms with Gasteiger partial charge in [-0.3, -0.25) is 0 Å². The Balaban J connectivity index is 3.41. The number of ether oxygens (including phenoxy) is 1. The molecule has 0 unspecified atom stereocenters. The Morgan fingerprint density at radius 2 is 2.00 bits per heavy atom. The number of halogens is 1. The van der Waals surface area contributed by atoms with Crippen LogP contribution in [0.5, 0.6) is 0 Å². The van der Waals surface area contributed by atoms with Gasteiger partial charge in [0.25, 0.3) is 0 Å². The number of nitrogens with one attached hydrogen (secondary N) is 1. The maximum atomic E-state index is 11.3. The molecule has 0 heterocycles. The molecule has 4 nitrogen and oxygen atoms in total. The third-order valence-electron chi connectivity index (χ3n) is 1.68. The summed E-state index contributed by atoms with van der Waals surface area (Å²) in [5, 5.41) is 0. The van der Waals surface area contributed by atoms with E-state index in [0.717, 1.165) is 13.0 Å². The van der Waals surface area contributed by atoms with Gasteiger partial charge in [0, 0.05) is 25.6 Å². The van der Waals surface area contributed by atoms with E-state index in [0.29, 0.717) is 31.9 Å². The minimum atomic E-state index is -3.13. The first-order valence-corrected chi connectivity index (χ1v) is 7.42. The van der Waals surface area contributed by atoms with E-state index in [-0.39, 0.29) is 5.75 Å². The van der Waals surface area contributed by atoms with Crippen LogP contribution in [-0.2, 0) is 14.8 Å². The van der Waals surface area contributed by atoms with Crippen molar-refractivity contribution in [1.82, 2.24) is 4.72 Å². The van der Waals surface area contributed by atoms with Crippen molar-refractivity contribution in [3.63, 3.8) is 0 Å². The Kier molecular flexibility index (Phi) is 9.49. The van der Waals surface area contributed by atoms with E-state index in [2.05, 4.69) is 4.72 Å². The minimum Gasteiger partial charge on any atom is -0.381 e. The number of alkyl halides is 1. The van der Waals surface area contributed by atoms with E-state index < -0.39 is 10.0 Å². The summed E-state index contributed by atoms with van der Waals surface area (Å²) >= 11 is 5.41. The molecule has 0 aromatic carbocycles. The molecular weight excluding hydrogens is 238 g/mol. The molecule has 0 aliphatic carbocycles. The van der Waals surface area contributed by atoms with Crippen molar-refractivity contribution in [2.24, 2.45) is 0 Å². The highest BCUT2D eigenvalue weighted by Gasteiger charge is 2.07. The summed E-state index contributed by atoms with van der Waals surface area (Å²) in [5.41, 5.74) is 0. The summed E-state index contributed by atoms with van der Waals surface area (Å²) in [6.07, 6.45) is 2.19. The Morgan fingerprint density at radius 1 is 1.27 bits per heavy atom. The zero-order valence-corrected chi connectivity index (χ0v) is 10.7. The van der Waals surface area contributed by atoms with Crippen LogP contribution in [-0.4, -0.2) is 39.8 Å². The Hall–Kier alpha value is 0.160. The van der Waals surface area contributed by atoms with Gasteiger partial charge in [0.2, 0.25) is 10.0 Å². The first-order valence-electron chi connectivity index (χ1n) is 5.23. The van der Waals surface area contributed by atoms with Gasteiger partial charge >= 0.3 is 0 Å². The van der Waals surface area contributed by atoms with E-state index in [4.69, 9.17) is 16.3 Å². The van der Waals surface area contributed by atoms with Crippen LogP contribution in [0, 0.1) is 0 Å². The van der Waals surface area contributed by atoms with Gasteiger partial charge in [-0.25, -0.2) is 13.1 Å². The van der Waals surface area contributed by atoms with Gasteiger partial charge in [-0.05, 0) is 19.3 Å². The molecular formula is C9H20ClNO3S. The maximum absolute atomic E-state index is 11.3. The van der Waals surface area contributed by atoms with Crippen LogP contribution in [0.1, 0.15) is 26.2 Å². The average molecular weight is 258 g/mol. The topological polar surface area (TPSA) is 55.4 Å². The maximum Gasteiger partial charge on any atom is 0.211 e. The quantitative estimate of drug-likeness (QED) is 0.475. The highest BCUT2D eigenvalue weighted by Crippen LogP contribution is 1.92. The third-order valence-corrected chi connectivity index (χ3v) is 3.42. The molecule has 0 rings (SSSR count). The van der Waals surface area contributed by atoms with Crippen molar-refractivity contribution in [3.05, 3.63) is 0 Å². The predicted molar refractivity (Wildman–Crippen MR) is 62.9 cm³/mol. The molecule has 0 aromatic rings. The zero-order chi connectivity index (χ0) is 11.6. The fourth-order valence-corrected chi connectivity index (χ4v) is 2.38. The number of rotatable bonds is 10. The van der Waals surface area contributed by atoms with Crippen LogP contribution in [0.4, 0.5) is 0 Å². The minimum absolute atomic E-state index is 0.103. The highest BCUT2D eigenvalue weighted by molar-refractivity contribution is 7.89. The summed E-state index contributed by atoms with van der Waals surface area (Å²) in [6, 6.07) is 0. The van der Waals surface area contributed by atoms with Crippen LogP contribution < -0.4 is 4.72 Å². The average Bonchev–Trinajstić information content (AvgIpc) is 2.20. The van der Waals surface area contributed by atoms with Gasteiger partial charge in [0.1, 0.15) is 0 Å². The van der Waals surface area contributed by atoms with Crippen molar-refractivity contribution in [3.8, 4) is 0 Å². The molecule has 0 fully saturated rings. The summed E-state index contributed by atoms with van der Waals surface area (Å²) in [5.74, 6) is 0.479. The Bertz CT molecular complexity index is 232. The molecule has 0 aliphatic heterocycles. The monoisotopic (exact) mass is 257 g/mol. The van der Waals surface area contributed by atoms with Crippen molar-refractivity contribution >= 4 is 21.6 Å². The van der Waals surface area contributed by atoms with E-state index in [1.54, 1.807) is 0 Å². The molecule has 0 atom stereocenters. The predicted octanol–water partition coefficient (Wildman–Crippen LogP) is 1.35. The number of hydrogen-bond acceptors (Lipinski definition) is 3. The second-order valence-electron chi connectivity index (χ2n) is 3.22. The number of hydrogen-bond donors (Lipinski definition) is 1. The molecule has 0 radical (unpaired) electrons. The molecule has 0 spiro atoms. The third kappa shape index (κ3) is 10.4. The first-order chi connectivity index (χ1) is 7.12. The molecule has 0 aromatic heterocycles. The van der Waals surface area contributed by atoms with Gasteiger partial charge in [0.15, 0.2) is 0 Å². The van der Waals surface area contributed by atoms with Crippen LogP contribution in [0.3, 0.4) is 0 Å². The van der Waals surface area contributed by atoms with Gasteiger partial charge in [-0.2, -0.15) is 0 Å².